The first-order chi connectivity index (χ1) is 9.63. The minimum absolute atomic E-state index is 0.0234. The summed E-state index contributed by atoms with van der Waals surface area (Å²) in [6.07, 6.45) is 4.93. The minimum Gasteiger partial charge on any atom is -0.379 e. The molecule has 0 radical (unpaired) electrons. The summed E-state index contributed by atoms with van der Waals surface area (Å²) in [6.45, 7) is 8.72. The maximum absolute atomic E-state index is 12.5. The largest absolute Gasteiger partial charge is 0.379 e. The molecule has 2 fully saturated rings. The molecule has 2 aliphatic rings. The van der Waals surface area contributed by atoms with Crippen molar-refractivity contribution in [2.45, 2.75) is 58.5 Å². The number of hydrogen-bond acceptors (Lipinski definition) is 3. The van der Waals surface area contributed by atoms with Crippen molar-refractivity contribution >= 4 is 5.91 Å². The van der Waals surface area contributed by atoms with E-state index < -0.39 is 0 Å². The molecule has 0 aromatic heterocycles. The molecule has 4 nitrogen and oxygen atoms in total. The number of likely N-dealkylation sites (N-methyl/N-ethyl adjacent to an activating group) is 1. The first-order valence-corrected chi connectivity index (χ1v) is 8.25. The van der Waals surface area contributed by atoms with Crippen LogP contribution in [0, 0.1) is 17.8 Å². The predicted molar refractivity (Wildman–Crippen MR) is 80.5 cm³/mol. The van der Waals surface area contributed by atoms with Crippen LogP contribution in [0.4, 0.5) is 0 Å². The molecule has 1 saturated carbocycles. The van der Waals surface area contributed by atoms with Crippen molar-refractivity contribution < 1.29 is 9.53 Å². The minimum atomic E-state index is -0.0234. The van der Waals surface area contributed by atoms with Crippen LogP contribution < -0.4 is 10.6 Å². The number of carbonyl (C=O) groups is 1. The first kappa shape index (κ1) is 15.8. The normalized spacial score (nSPS) is 34.4. The van der Waals surface area contributed by atoms with Gasteiger partial charge < -0.3 is 15.4 Å². The smallest absolute Gasteiger partial charge is 0.227 e. The molecule has 2 N–H and O–H groups in total. The molecular formula is C16H30N2O2. The second-order valence-electron chi connectivity index (χ2n) is 6.62. The molecular weight excluding hydrogens is 252 g/mol. The summed E-state index contributed by atoms with van der Waals surface area (Å²) >= 11 is 0. The summed E-state index contributed by atoms with van der Waals surface area (Å²) in [7, 11) is 0. The lowest BCUT2D eigenvalue weighted by Gasteiger charge is -2.35. The van der Waals surface area contributed by atoms with Crippen molar-refractivity contribution in [1.29, 1.82) is 0 Å². The van der Waals surface area contributed by atoms with E-state index in [2.05, 4.69) is 31.4 Å². The number of nitrogens with one attached hydrogen (secondary N) is 2. The van der Waals surface area contributed by atoms with Gasteiger partial charge in [0, 0.05) is 12.1 Å². The average Bonchev–Trinajstić information content (AvgIpc) is 2.88. The van der Waals surface area contributed by atoms with Gasteiger partial charge in [-0.15, -0.1) is 0 Å². The Morgan fingerprint density at radius 3 is 2.65 bits per heavy atom. The van der Waals surface area contributed by atoms with E-state index in [9.17, 15) is 4.79 Å². The Morgan fingerprint density at radius 1 is 1.20 bits per heavy atom. The van der Waals surface area contributed by atoms with E-state index in [1.54, 1.807) is 0 Å². The topological polar surface area (TPSA) is 50.4 Å². The van der Waals surface area contributed by atoms with E-state index in [0.717, 1.165) is 13.0 Å². The molecule has 20 heavy (non-hydrogen) atoms. The molecule has 0 bridgehead atoms. The van der Waals surface area contributed by atoms with Gasteiger partial charge in [0.25, 0.3) is 0 Å². The highest BCUT2D eigenvalue weighted by atomic mass is 16.5. The van der Waals surface area contributed by atoms with E-state index in [-0.39, 0.29) is 17.9 Å². The molecule has 1 aliphatic carbocycles. The third-order valence-electron chi connectivity index (χ3n) is 4.89. The second kappa shape index (κ2) is 7.41. The fourth-order valence-corrected chi connectivity index (χ4v) is 3.70. The maximum Gasteiger partial charge on any atom is 0.227 e. The maximum atomic E-state index is 12.5. The lowest BCUT2D eigenvalue weighted by atomic mass is 9.77. The van der Waals surface area contributed by atoms with Gasteiger partial charge in [-0.2, -0.15) is 0 Å². The molecule has 1 amide bonds. The summed E-state index contributed by atoms with van der Waals surface area (Å²) in [5, 5.41) is 6.68. The molecule has 1 heterocycles. The molecule has 0 aromatic rings. The van der Waals surface area contributed by atoms with Crippen LogP contribution in [-0.2, 0) is 9.53 Å². The molecule has 4 atom stereocenters. The van der Waals surface area contributed by atoms with Crippen LogP contribution >= 0.6 is 0 Å². The Hall–Kier alpha value is -0.610. The van der Waals surface area contributed by atoms with Gasteiger partial charge in [0.05, 0.1) is 19.1 Å². The van der Waals surface area contributed by atoms with Gasteiger partial charge in [-0.05, 0) is 31.2 Å². The standard InChI is InChI=1S/C16H30N2O2/c1-4-17-15-10-20-9-13(15)16(19)18-14-8-6-5-7-12(14)11(2)3/h11-15,17H,4-10H2,1-3H3,(H,18,19). The Kier molecular flexibility index (Phi) is 5.85. The van der Waals surface area contributed by atoms with E-state index in [1.807, 2.05) is 0 Å². The summed E-state index contributed by atoms with van der Waals surface area (Å²) in [5.41, 5.74) is 0. The SMILES string of the molecule is CCNC1COCC1C(=O)NC1CCCCC1C(C)C. The van der Waals surface area contributed by atoms with Crippen LogP contribution in [0.3, 0.4) is 0 Å². The van der Waals surface area contributed by atoms with Crippen LogP contribution in [-0.4, -0.2) is 37.7 Å². The molecule has 1 aliphatic heterocycles. The third kappa shape index (κ3) is 3.73. The van der Waals surface area contributed by atoms with Gasteiger partial charge in [-0.25, -0.2) is 0 Å². The highest BCUT2D eigenvalue weighted by molar-refractivity contribution is 5.80. The van der Waals surface area contributed by atoms with Crippen molar-refractivity contribution in [3.63, 3.8) is 0 Å². The number of rotatable bonds is 5. The third-order valence-corrected chi connectivity index (χ3v) is 4.89. The monoisotopic (exact) mass is 282 g/mol. The van der Waals surface area contributed by atoms with E-state index in [1.165, 1.54) is 19.3 Å². The average molecular weight is 282 g/mol. The van der Waals surface area contributed by atoms with Crippen molar-refractivity contribution in [2.24, 2.45) is 17.8 Å². The van der Waals surface area contributed by atoms with Crippen LogP contribution in [0.2, 0.25) is 0 Å². The Bertz CT molecular complexity index is 320. The van der Waals surface area contributed by atoms with Crippen molar-refractivity contribution in [2.75, 3.05) is 19.8 Å². The zero-order valence-corrected chi connectivity index (χ0v) is 13.2. The molecule has 4 heteroatoms. The van der Waals surface area contributed by atoms with Crippen LogP contribution in [0.1, 0.15) is 46.5 Å². The van der Waals surface area contributed by atoms with Crippen molar-refractivity contribution in [1.82, 2.24) is 10.6 Å². The summed E-state index contributed by atoms with van der Waals surface area (Å²) in [4.78, 5) is 12.5. The zero-order chi connectivity index (χ0) is 14.5. The number of hydrogen-bond donors (Lipinski definition) is 2. The lowest BCUT2D eigenvalue weighted by Crippen LogP contribution is -2.50. The Morgan fingerprint density at radius 2 is 1.95 bits per heavy atom. The quantitative estimate of drug-likeness (QED) is 0.810. The molecule has 0 aromatic carbocycles. The lowest BCUT2D eigenvalue weighted by molar-refractivity contribution is -0.127. The molecule has 2 rings (SSSR count). The fraction of sp³-hybridized carbons (Fsp3) is 0.938. The van der Waals surface area contributed by atoms with Crippen molar-refractivity contribution in [3.05, 3.63) is 0 Å². The molecule has 4 unspecified atom stereocenters. The highest BCUT2D eigenvalue weighted by Gasteiger charge is 2.36. The van der Waals surface area contributed by atoms with E-state index in [4.69, 9.17) is 4.74 Å². The van der Waals surface area contributed by atoms with Crippen LogP contribution in [0.25, 0.3) is 0 Å². The van der Waals surface area contributed by atoms with Gasteiger partial charge in [-0.1, -0.05) is 33.6 Å². The Labute approximate surface area is 123 Å². The second-order valence-corrected chi connectivity index (χ2v) is 6.62. The fourth-order valence-electron chi connectivity index (χ4n) is 3.70. The van der Waals surface area contributed by atoms with Gasteiger partial charge in [-0.3, -0.25) is 4.79 Å². The van der Waals surface area contributed by atoms with Crippen LogP contribution in [0.5, 0.6) is 0 Å². The Balaban J connectivity index is 1.92. The highest BCUT2D eigenvalue weighted by Crippen LogP contribution is 2.30. The summed E-state index contributed by atoms with van der Waals surface area (Å²) < 4.78 is 5.48. The van der Waals surface area contributed by atoms with Gasteiger partial charge in [0.2, 0.25) is 5.91 Å². The van der Waals surface area contributed by atoms with E-state index in [0.29, 0.717) is 31.1 Å². The zero-order valence-electron chi connectivity index (χ0n) is 13.2. The molecule has 116 valence electrons. The first-order valence-electron chi connectivity index (χ1n) is 8.25. The van der Waals surface area contributed by atoms with Gasteiger partial charge in [0.15, 0.2) is 0 Å². The predicted octanol–water partition coefficient (Wildman–Crippen LogP) is 1.94. The summed E-state index contributed by atoms with van der Waals surface area (Å²) in [5.74, 6) is 1.44. The summed E-state index contributed by atoms with van der Waals surface area (Å²) in [6, 6.07) is 0.542. The number of amides is 1. The molecule has 0 spiro atoms. The van der Waals surface area contributed by atoms with Crippen LogP contribution in [0.15, 0.2) is 0 Å². The molecule has 1 saturated heterocycles. The number of ether oxygens (including phenoxy) is 1. The van der Waals surface area contributed by atoms with E-state index >= 15 is 0 Å². The number of carbonyl (C=O) groups excluding carboxylic acids is 1. The van der Waals surface area contributed by atoms with Gasteiger partial charge >= 0.3 is 0 Å². The van der Waals surface area contributed by atoms with Crippen molar-refractivity contribution in [3.8, 4) is 0 Å². The van der Waals surface area contributed by atoms with Gasteiger partial charge in [0.1, 0.15) is 0 Å².